The van der Waals surface area contributed by atoms with Crippen LogP contribution in [0.25, 0.3) is 0 Å². The van der Waals surface area contributed by atoms with Gasteiger partial charge in [0.1, 0.15) is 0 Å². The third kappa shape index (κ3) is 1.57. The van der Waals surface area contributed by atoms with Gasteiger partial charge in [0.15, 0.2) is 5.82 Å². The molecular formula is C8H13N3O. The van der Waals surface area contributed by atoms with Crippen LogP contribution in [0.5, 0.6) is 0 Å². The molecule has 1 aliphatic rings. The second-order valence-electron chi connectivity index (χ2n) is 3.53. The van der Waals surface area contributed by atoms with E-state index in [1.54, 1.807) is 0 Å². The molecule has 12 heavy (non-hydrogen) atoms. The summed E-state index contributed by atoms with van der Waals surface area (Å²) in [5, 5.41) is 7.00. The van der Waals surface area contributed by atoms with Crippen LogP contribution >= 0.6 is 0 Å². The van der Waals surface area contributed by atoms with E-state index < -0.39 is 0 Å². The summed E-state index contributed by atoms with van der Waals surface area (Å²) in [5.41, 5.74) is 0. The van der Waals surface area contributed by atoms with Gasteiger partial charge in [-0.15, -0.1) is 0 Å². The standard InChI is InChI=1S/C8H13N3O/c1-5(2)7-10-8(12-11-7)9-6-3-4-6/h5-6H,3-4H2,1-2H3,(H,9,10,11). The highest BCUT2D eigenvalue weighted by atomic mass is 16.5. The fourth-order valence-electron chi connectivity index (χ4n) is 0.930. The first-order valence-corrected chi connectivity index (χ1v) is 4.36. The van der Waals surface area contributed by atoms with E-state index in [2.05, 4.69) is 15.5 Å². The van der Waals surface area contributed by atoms with Crippen LogP contribution in [0, 0.1) is 0 Å². The lowest BCUT2D eigenvalue weighted by atomic mass is 10.2. The van der Waals surface area contributed by atoms with Crippen LogP contribution in [0.2, 0.25) is 0 Å². The van der Waals surface area contributed by atoms with Crippen LogP contribution < -0.4 is 5.32 Å². The number of hydrogen-bond donors (Lipinski definition) is 1. The number of nitrogens with zero attached hydrogens (tertiary/aromatic N) is 2. The van der Waals surface area contributed by atoms with Crippen LogP contribution in [-0.2, 0) is 0 Å². The Morgan fingerprint density at radius 2 is 2.25 bits per heavy atom. The predicted molar refractivity (Wildman–Crippen MR) is 45.0 cm³/mol. The average Bonchev–Trinajstić information content (AvgIpc) is 2.66. The molecule has 1 heterocycles. The Hall–Kier alpha value is -1.06. The van der Waals surface area contributed by atoms with E-state index in [9.17, 15) is 0 Å². The highest BCUT2D eigenvalue weighted by Gasteiger charge is 2.23. The van der Waals surface area contributed by atoms with Crippen LogP contribution in [-0.4, -0.2) is 16.2 Å². The second kappa shape index (κ2) is 2.77. The third-order valence-corrected chi connectivity index (χ3v) is 1.86. The van der Waals surface area contributed by atoms with Gasteiger partial charge in [0.25, 0.3) is 0 Å². The first kappa shape index (κ1) is 7.58. The van der Waals surface area contributed by atoms with Crippen molar-refractivity contribution in [2.45, 2.75) is 38.6 Å². The van der Waals surface area contributed by atoms with E-state index in [4.69, 9.17) is 4.52 Å². The maximum absolute atomic E-state index is 5.00. The molecule has 1 aromatic heterocycles. The molecule has 0 spiro atoms. The number of hydrogen-bond acceptors (Lipinski definition) is 4. The summed E-state index contributed by atoms with van der Waals surface area (Å²) in [6.07, 6.45) is 2.44. The number of nitrogens with one attached hydrogen (secondary N) is 1. The van der Waals surface area contributed by atoms with Gasteiger partial charge in [0.2, 0.25) is 0 Å². The van der Waals surface area contributed by atoms with Crippen molar-refractivity contribution in [3.63, 3.8) is 0 Å². The van der Waals surface area contributed by atoms with E-state index in [1.165, 1.54) is 12.8 Å². The highest BCUT2D eigenvalue weighted by molar-refractivity contribution is 5.23. The topological polar surface area (TPSA) is 51.0 Å². The number of rotatable bonds is 3. The number of aromatic nitrogens is 2. The zero-order chi connectivity index (χ0) is 8.55. The van der Waals surface area contributed by atoms with Crippen molar-refractivity contribution in [2.24, 2.45) is 0 Å². The van der Waals surface area contributed by atoms with Crippen molar-refractivity contribution in [3.8, 4) is 0 Å². The fourth-order valence-corrected chi connectivity index (χ4v) is 0.930. The minimum absolute atomic E-state index is 0.337. The summed E-state index contributed by atoms with van der Waals surface area (Å²) in [7, 11) is 0. The van der Waals surface area contributed by atoms with Gasteiger partial charge < -0.3 is 9.84 Å². The normalized spacial score (nSPS) is 16.9. The van der Waals surface area contributed by atoms with Gasteiger partial charge in [0.05, 0.1) is 0 Å². The Balaban J connectivity index is 2.02. The fraction of sp³-hybridized carbons (Fsp3) is 0.750. The van der Waals surface area contributed by atoms with E-state index in [0.717, 1.165) is 5.82 Å². The minimum atomic E-state index is 0.337. The van der Waals surface area contributed by atoms with E-state index >= 15 is 0 Å². The molecule has 0 bridgehead atoms. The largest absolute Gasteiger partial charge is 0.335 e. The minimum Gasteiger partial charge on any atom is -0.335 e. The summed E-state index contributed by atoms with van der Waals surface area (Å²) >= 11 is 0. The maximum Gasteiger partial charge on any atom is 0.321 e. The zero-order valence-electron chi connectivity index (χ0n) is 7.37. The molecule has 2 rings (SSSR count). The van der Waals surface area contributed by atoms with Crippen LogP contribution in [0.4, 0.5) is 6.01 Å². The molecule has 0 aliphatic heterocycles. The smallest absolute Gasteiger partial charge is 0.321 e. The van der Waals surface area contributed by atoms with Gasteiger partial charge in [0, 0.05) is 12.0 Å². The molecule has 66 valence electrons. The Morgan fingerprint density at radius 3 is 2.75 bits per heavy atom. The predicted octanol–water partition coefficient (Wildman–Crippen LogP) is 1.77. The van der Waals surface area contributed by atoms with Crippen LogP contribution in [0.15, 0.2) is 4.52 Å². The summed E-state index contributed by atoms with van der Waals surface area (Å²) in [4.78, 5) is 4.20. The Bertz CT molecular complexity index is 265. The van der Waals surface area contributed by atoms with Gasteiger partial charge >= 0.3 is 6.01 Å². The van der Waals surface area contributed by atoms with Crippen LogP contribution in [0.1, 0.15) is 38.4 Å². The number of anilines is 1. The Kier molecular flexibility index (Phi) is 1.75. The van der Waals surface area contributed by atoms with Gasteiger partial charge in [-0.2, -0.15) is 4.98 Å². The molecule has 0 radical (unpaired) electrons. The van der Waals surface area contributed by atoms with Gasteiger partial charge in [-0.3, -0.25) is 0 Å². The Morgan fingerprint density at radius 1 is 1.50 bits per heavy atom. The molecule has 1 aromatic rings. The summed E-state index contributed by atoms with van der Waals surface area (Å²) in [5.74, 6) is 1.11. The highest BCUT2D eigenvalue weighted by Crippen LogP contribution is 2.24. The lowest BCUT2D eigenvalue weighted by Gasteiger charge is -1.94. The zero-order valence-corrected chi connectivity index (χ0v) is 7.37. The summed E-state index contributed by atoms with van der Waals surface area (Å²) < 4.78 is 5.00. The summed E-state index contributed by atoms with van der Waals surface area (Å²) in [6, 6.07) is 1.15. The summed E-state index contributed by atoms with van der Waals surface area (Å²) in [6.45, 7) is 4.09. The molecule has 1 saturated carbocycles. The maximum atomic E-state index is 5.00. The van der Waals surface area contributed by atoms with E-state index in [1.807, 2.05) is 13.8 Å². The first-order chi connectivity index (χ1) is 5.75. The quantitative estimate of drug-likeness (QED) is 0.745. The SMILES string of the molecule is CC(C)c1noc(NC2CC2)n1. The first-order valence-electron chi connectivity index (χ1n) is 4.36. The van der Waals surface area contributed by atoms with Crippen molar-refractivity contribution in [3.05, 3.63) is 5.82 Å². The molecule has 4 heteroatoms. The third-order valence-electron chi connectivity index (χ3n) is 1.86. The van der Waals surface area contributed by atoms with Crippen molar-refractivity contribution < 1.29 is 4.52 Å². The molecule has 0 unspecified atom stereocenters. The molecule has 1 fully saturated rings. The van der Waals surface area contributed by atoms with Crippen molar-refractivity contribution >= 4 is 6.01 Å². The molecule has 1 aliphatic carbocycles. The molecule has 0 amide bonds. The molecule has 1 N–H and O–H groups in total. The van der Waals surface area contributed by atoms with Crippen molar-refractivity contribution in [2.75, 3.05) is 5.32 Å². The van der Waals surface area contributed by atoms with Crippen LogP contribution in [0.3, 0.4) is 0 Å². The second-order valence-corrected chi connectivity index (χ2v) is 3.53. The molecule has 0 saturated heterocycles. The van der Waals surface area contributed by atoms with Gasteiger partial charge in [-0.05, 0) is 12.8 Å². The lowest BCUT2D eigenvalue weighted by molar-refractivity contribution is 0.419. The molecular weight excluding hydrogens is 154 g/mol. The monoisotopic (exact) mass is 167 g/mol. The van der Waals surface area contributed by atoms with E-state index in [0.29, 0.717) is 18.0 Å². The Labute approximate surface area is 71.4 Å². The van der Waals surface area contributed by atoms with E-state index in [-0.39, 0.29) is 0 Å². The molecule has 4 nitrogen and oxygen atoms in total. The average molecular weight is 167 g/mol. The van der Waals surface area contributed by atoms with Crippen molar-refractivity contribution in [1.29, 1.82) is 0 Å². The van der Waals surface area contributed by atoms with Gasteiger partial charge in [-0.25, -0.2) is 0 Å². The van der Waals surface area contributed by atoms with Gasteiger partial charge in [-0.1, -0.05) is 19.0 Å². The molecule has 0 aromatic carbocycles. The van der Waals surface area contributed by atoms with Crippen molar-refractivity contribution in [1.82, 2.24) is 10.1 Å². The molecule has 0 atom stereocenters. The lowest BCUT2D eigenvalue weighted by Crippen LogP contribution is -2.01.